The van der Waals surface area contributed by atoms with Gasteiger partial charge in [-0.3, -0.25) is 14.4 Å². The third kappa shape index (κ3) is 6.19. The molecule has 0 spiro atoms. The molecule has 35 heavy (non-hydrogen) atoms. The van der Waals surface area contributed by atoms with E-state index in [1.54, 1.807) is 42.5 Å². The van der Waals surface area contributed by atoms with Crippen LogP contribution in [0.25, 0.3) is 0 Å². The van der Waals surface area contributed by atoms with Crippen molar-refractivity contribution in [1.29, 1.82) is 0 Å². The minimum Gasteiger partial charge on any atom is -0.457 e. The monoisotopic (exact) mass is 492 g/mol. The number of carbonyl (C=O) groups is 3. The molecule has 4 rings (SSSR count). The first kappa shape index (κ1) is 24.3. The average molecular weight is 493 g/mol. The highest BCUT2D eigenvalue weighted by molar-refractivity contribution is 6.31. The van der Waals surface area contributed by atoms with Gasteiger partial charge < -0.3 is 19.7 Å². The van der Waals surface area contributed by atoms with Crippen LogP contribution in [0.4, 0.5) is 11.4 Å². The zero-order valence-electron chi connectivity index (χ0n) is 19.4. The van der Waals surface area contributed by atoms with Crippen LogP contribution in [0.2, 0.25) is 5.02 Å². The highest BCUT2D eigenvalue weighted by Crippen LogP contribution is 2.29. The van der Waals surface area contributed by atoms with Gasteiger partial charge in [0.25, 0.3) is 5.91 Å². The summed E-state index contributed by atoms with van der Waals surface area (Å²) < 4.78 is 11.0. The molecular weight excluding hydrogens is 468 g/mol. The van der Waals surface area contributed by atoms with Crippen molar-refractivity contribution in [2.45, 2.75) is 20.3 Å². The van der Waals surface area contributed by atoms with Gasteiger partial charge in [0, 0.05) is 29.4 Å². The molecule has 1 N–H and O–H groups in total. The summed E-state index contributed by atoms with van der Waals surface area (Å²) in [6, 6.07) is 19.9. The number of halogens is 1. The number of ether oxygens (including phenoxy) is 2. The fourth-order valence-electron chi connectivity index (χ4n) is 3.67. The van der Waals surface area contributed by atoms with E-state index in [2.05, 4.69) is 5.32 Å². The molecule has 0 aliphatic carbocycles. The van der Waals surface area contributed by atoms with Crippen molar-refractivity contribution in [3.8, 4) is 11.5 Å². The number of nitrogens with zero attached hydrogens (tertiary/aromatic N) is 1. The fraction of sp³-hybridized carbons (Fsp3) is 0.222. The molecule has 7 nitrogen and oxygen atoms in total. The molecule has 1 saturated heterocycles. The number of benzene rings is 3. The van der Waals surface area contributed by atoms with Gasteiger partial charge in [-0.2, -0.15) is 0 Å². The molecule has 2 amide bonds. The molecular formula is C27H25ClN2O5. The molecule has 0 aromatic heterocycles. The van der Waals surface area contributed by atoms with Crippen molar-refractivity contribution in [2.24, 2.45) is 5.92 Å². The van der Waals surface area contributed by atoms with Crippen molar-refractivity contribution in [3.63, 3.8) is 0 Å². The Morgan fingerprint density at radius 1 is 1.00 bits per heavy atom. The summed E-state index contributed by atoms with van der Waals surface area (Å²) in [6.45, 7) is 3.60. The summed E-state index contributed by atoms with van der Waals surface area (Å²) in [4.78, 5) is 38.7. The van der Waals surface area contributed by atoms with Crippen molar-refractivity contribution in [1.82, 2.24) is 0 Å². The molecule has 0 bridgehead atoms. The standard InChI is InChI=1S/C27H25ClN2O5/c1-17-3-9-22(10-4-17)35-23-11-7-21(8-12-23)30-15-19(13-26(30)32)27(33)34-16-25(31)29-20-6-5-18(2)24(28)14-20/h3-12,14,19H,13,15-16H2,1-2H3,(H,29,31)/t19-/m1/s1. The van der Waals surface area contributed by atoms with Gasteiger partial charge in [0.15, 0.2) is 6.61 Å². The SMILES string of the molecule is Cc1ccc(Oc2ccc(N3C[C@H](C(=O)OCC(=O)Nc4ccc(C)c(Cl)c4)CC3=O)cc2)cc1. The third-order valence-electron chi connectivity index (χ3n) is 5.66. The molecule has 3 aromatic carbocycles. The molecule has 180 valence electrons. The van der Waals surface area contributed by atoms with E-state index in [-0.39, 0.29) is 18.9 Å². The van der Waals surface area contributed by atoms with E-state index in [0.717, 1.165) is 16.9 Å². The number of esters is 1. The summed E-state index contributed by atoms with van der Waals surface area (Å²) in [5.74, 6) is -0.537. The number of carbonyl (C=O) groups excluding carboxylic acids is 3. The first-order valence-corrected chi connectivity index (χ1v) is 11.5. The lowest BCUT2D eigenvalue weighted by molar-refractivity contribution is -0.151. The summed E-state index contributed by atoms with van der Waals surface area (Å²) in [5.41, 5.74) is 3.21. The number of nitrogens with one attached hydrogen (secondary N) is 1. The van der Waals surface area contributed by atoms with E-state index in [4.69, 9.17) is 21.1 Å². The summed E-state index contributed by atoms with van der Waals surface area (Å²) in [7, 11) is 0. The van der Waals surface area contributed by atoms with Gasteiger partial charge in [0.1, 0.15) is 11.5 Å². The van der Waals surface area contributed by atoms with E-state index in [0.29, 0.717) is 22.1 Å². The smallest absolute Gasteiger partial charge is 0.311 e. The molecule has 1 aliphatic heterocycles. The van der Waals surface area contributed by atoms with Crippen LogP contribution < -0.4 is 15.0 Å². The number of hydrogen-bond donors (Lipinski definition) is 1. The highest BCUT2D eigenvalue weighted by Gasteiger charge is 2.36. The maximum Gasteiger partial charge on any atom is 0.311 e. The van der Waals surface area contributed by atoms with E-state index < -0.39 is 24.4 Å². The normalized spacial score (nSPS) is 15.1. The second-order valence-corrected chi connectivity index (χ2v) is 8.84. The Hall–Kier alpha value is -3.84. The zero-order chi connectivity index (χ0) is 24.9. The Bertz CT molecular complexity index is 1240. The summed E-state index contributed by atoms with van der Waals surface area (Å²) in [5, 5.41) is 3.16. The van der Waals surface area contributed by atoms with Crippen LogP contribution >= 0.6 is 11.6 Å². The number of hydrogen-bond acceptors (Lipinski definition) is 5. The molecule has 1 atom stereocenters. The predicted molar refractivity (Wildman–Crippen MR) is 134 cm³/mol. The Labute approximate surface area is 208 Å². The van der Waals surface area contributed by atoms with Gasteiger partial charge in [0.05, 0.1) is 5.92 Å². The van der Waals surface area contributed by atoms with Gasteiger partial charge in [-0.25, -0.2) is 0 Å². The van der Waals surface area contributed by atoms with Gasteiger partial charge in [-0.15, -0.1) is 0 Å². The molecule has 0 saturated carbocycles. The number of anilines is 2. The Balaban J connectivity index is 1.29. The maximum atomic E-state index is 12.5. The van der Waals surface area contributed by atoms with Crippen LogP contribution in [0.15, 0.2) is 66.7 Å². The first-order chi connectivity index (χ1) is 16.8. The average Bonchev–Trinajstić information content (AvgIpc) is 3.23. The number of amides is 2. The molecule has 3 aromatic rings. The molecule has 8 heteroatoms. The van der Waals surface area contributed by atoms with Crippen molar-refractivity contribution in [3.05, 3.63) is 82.9 Å². The third-order valence-corrected chi connectivity index (χ3v) is 6.07. The van der Waals surface area contributed by atoms with Crippen LogP contribution in [-0.2, 0) is 19.1 Å². The predicted octanol–water partition coefficient (Wildman–Crippen LogP) is 5.28. The summed E-state index contributed by atoms with van der Waals surface area (Å²) in [6.07, 6.45) is 0.0235. The second kappa shape index (κ2) is 10.6. The quantitative estimate of drug-likeness (QED) is 0.453. The Morgan fingerprint density at radius 3 is 2.31 bits per heavy atom. The molecule has 0 unspecified atom stereocenters. The van der Waals surface area contributed by atoms with E-state index in [1.807, 2.05) is 38.1 Å². The Kier molecular flexibility index (Phi) is 7.36. The Morgan fingerprint density at radius 2 is 1.66 bits per heavy atom. The van der Waals surface area contributed by atoms with Gasteiger partial charge in [-0.1, -0.05) is 35.4 Å². The number of aryl methyl sites for hydroxylation is 2. The van der Waals surface area contributed by atoms with Gasteiger partial charge >= 0.3 is 5.97 Å². The van der Waals surface area contributed by atoms with E-state index in [9.17, 15) is 14.4 Å². The molecule has 1 aliphatic rings. The maximum absolute atomic E-state index is 12.5. The van der Waals surface area contributed by atoms with Crippen LogP contribution in [0.1, 0.15) is 17.5 Å². The summed E-state index contributed by atoms with van der Waals surface area (Å²) >= 11 is 6.06. The van der Waals surface area contributed by atoms with Crippen LogP contribution in [0.3, 0.4) is 0 Å². The van der Waals surface area contributed by atoms with Crippen LogP contribution in [0, 0.1) is 19.8 Å². The fourth-order valence-corrected chi connectivity index (χ4v) is 3.85. The second-order valence-electron chi connectivity index (χ2n) is 8.43. The van der Waals surface area contributed by atoms with Crippen molar-refractivity contribution in [2.75, 3.05) is 23.4 Å². The zero-order valence-corrected chi connectivity index (χ0v) is 20.2. The van der Waals surface area contributed by atoms with Gasteiger partial charge in [-0.05, 0) is 67.9 Å². The van der Waals surface area contributed by atoms with Crippen LogP contribution in [0.5, 0.6) is 11.5 Å². The highest BCUT2D eigenvalue weighted by atomic mass is 35.5. The number of rotatable bonds is 7. The lowest BCUT2D eigenvalue weighted by Crippen LogP contribution is -2.28. The van der Waals surface area contributed by atoms with Crippen molar-refractivity contribution >= 4 is 40.8 Å². The van der Waals surface area contributed by atoms with Crippen molar-refractivity contribution < 1.29 is 23.9 Å². The minimum atomic E-state index is -0.646. The topological polar surface area (TPSA) is 84.9 Å². The molecule has 1 heterocycles. The van der Waals surface area contributed by atoms with Gasteiger partial charge in [0.2, 0.25) is 5.91 Å². The lowest BCUT2D eigenvalue weighted by Gasteiger charge is -2.17. The van der Waals surface area contributed by atoms with E-state index >= 15 is 0 Å². The molecule has 0 radical (unpaired) electrons. The lowest BCUT2D eigenvalue weighted by atomic mass is 10.1. The van der Waals surface area contributed by atoms with Crippen LogP contribution in [-0.4, -0.2) is 30.9 Å². The van der Waals surface area contributed by atoms with E-state index in [1.165, 1.54) is 4.90 Å². The molecule has 1 fully saturated rings. The largest absolute Gasteiger partial charge is 0.457 e. The first-order valence-electron chi connectivity index (χ1n) is 11.2. The minimum absolute atomic E-state index is 0.0235.